The summed E-state index contributed by atoms with van der Waals surface area (Å²) in [5.74, 6) is -0.207. The Morgan fingerprint density at radius 3 is 2.52 bits per heavy atom. The van der Waals surface area contributed by atoms with E-state index in [-0.39, 0.29) is 18.3 Å². The van der Waals surface area contributed by atoms with Crippen LogP contribution in [-0.4, -0.2) is 27.8 Å². The molecule has 1 aromatic heterocycles. The smallest absolute Gasteiger partial charge is 0.271 e. The molecule has 5 nitrogen and oxygen atoms in total. The third-order valence-corrected chi connectivity index (χ3v) is 2.83. The Bertz CT molecular complexity index is 602. The van der Waals surface area contributed by atoms with E-state index < -0.39 is 5.54 Å². The molecule has 3 N–H and O–H groups in total. The van der Waals surface area contributed by atoms with Gasteiger partial charge in [-0.3, -0.25) is 4.79 Å². The van der Waals surface area contributed by atoms with Gasteiger partial charge in [0.2, 0.25) is 0 Å². The lowest BCUT2D eigenvalue weighted by Gasteiger charge is -2.18. The van der Waals surface area contributed by atoms with Crippen LogP contribution >= 0.6 is 12.4 Å². The second kappa shape index (κ2) is 6.74. The molecule has 1 aromatic carbocycles. The number of benzene rings is 1. The van der Waals surface area contributed by atoms with Crippen LogP contribution in [0.2, 0.25) is 0 Å². The molecule has 0 unspecified atom stereocenters. The molecule has 2 rings (SSSR count). The summed E-state index contributed by atoms with van der Waals surface area (Å²) < 4.78 is 1.75. The molecule has 0 aliphatic rings. The van der Waals surface area contributed by atoms with Gasteiger partial charge in [0, 0.05) is 17.8 Å². The van der Waals surface area contributed by atoms with Crippen molar-refractivity contribution in [3.8, 4) is 5.69 Å². The molecule has 0 aliphatic heterocycles. The van der Waals surface area contributed by atoms with Gasteiger partial charge in [0.1, 0.15) is 0 Å². The SMILES string of the molecule is Cc1cc(C(=O)NCC(C)(C)N)nn1-c1ccccc1.Cl. The molecule has 1 heterocycles. The summed E-state index contributed by atoms with van der Waals surface area (Å²) >= 11 is 0. The van der Waals surface area contributed by atoms with Gasteiger partial charge in [-0.05, 0) is 39.0 Å². The monoisotopic (exact) mass is 308 g/mol. The number of rotatable bonds is 4. The van der Waals surface area contributed by atoms with Crippen LogP contribution in [0.1, 0.15) is 30.0 Å². The summed E-state index contributed by atoms with van der Waals surface area (Å²) in [7, 11) is 0. The van der Waals surface area contributed by atoms with E-state index in [2.05, 4.69) is 10.4 Å². The molecular formula is C15H21ClN4O. The number of nitrogens with one attached hydrogen (secondary N) is 1. The lowest BCUT2D eigenvalue weighted by atomic mass is 10.1. The zero-order valence-electron chi connectivity index (χ0n) is 12.5. The fourth-order valence-electron chi connectivity index (χ4n) is 1.81. The molecule has 0 bridgehead atoms. The number of carbonyl (C=O) groups is 1. The largest absolute Gasteiger partial charge is 0.349 e. The Labute approximate surface area is 130 Å². The highest BCUT2D eigenvalue weighted by molar-refractivity contribution is 5.92. The summed E-state index contributed by atoms with van der Waals surface area (Å²) in [5, 5.41) is 7.14. The predicted octanol–water partition coefficient (Wildman–Crippen LogP) is 2.07. The topological polar surface area (TPSA) is 72.9 Å². The molecule has 0 fully saturated rings. The summed E-state index contributed by atoms with van der Waals surface area (Å²) in [6.45, 7) is 6.05. The molecule has 0 saturated heterocycles. The van der Waals surface area contributed by atoms with Crippen LogP contribution in [0.3, 0.4) is 0 Å². The zero-order chi connectivity index (χ0) is 14.8. The number of hydrogen-bond acceptors (Lipinski definition) is 3. The van der Waals surface area contributed by atoms with Crippen molar-refractivity contribution in [1.82, 2.24) is 15.1 Å². The summed E-state index contributed by atoms with van der Waals surface area (Å²) in [5.41, 5.74) is 7.65. The van der Waals surface area contributed by atoms with Gasteiger partial charge >= 0.3 is 0 Å². The molecule has 0 aliphatic carbocycles. The number of para-hydroxylation sites is 1. The minimum atomic E-state index is -0.438. The molecule has 6 heteroatoms. The third kappa shape index (κ3) is 4.58. The highest BCUT2D eigenvalue weighted by Gasteiger charge is 2.16. The fourth-order valence-corrected chi connectivity index (χ4v) is 1.81. The van der Waals surface area contributed by atoms with Gasteiger partial charge in [0.15, 0.2) is 5.69 Å². The number of aromatic nitrogens is 2. The number of aryl methyl sites for hydroxylation is 1. The third-order valence-electron chi connectivity index (χ3n) is 2.83. The van der Waals surface area contributed by atoms with Crippen LogP contribution in [0.5, 0.6) is 0 Å². The van der Waals surface area contributed by atoms with Gasteiger partial charge < -0.3 is 11.1 Å². The van der Waals surface area contributed by atoms with Crippen molar-refractivity contribution in [2.45, 2.75) is 26.3 Å². The van der Waals surface area contributed by atoms with Crippen molar-refractivity contribution in [3.63, 3.8) is 0 Å². The van der Waals surface area contributed by atoms with Crippen LogP contribution in [0.25, 0.3) is 5.69 Å². The summed E-state index contributed by atoms with van der Waals surface area (Å²) in [6, 6.07) is 11.5. The molecule has 0 atom stereocenters. The highest BCUT2D eigenvalue weighted by atomic mass is 35.5. The average molecular weight is 309 g/mol. The van der Waals surface area contributed by atoms with Crippen molar-refractivity contribution in [2.75, 3.05) is 6.54 Å². The first kappa shape index (κ1) is 17.2. The zero-order valence-corrected chi connectivity index (χ0v) is 13.3. The lowest BCUT2D eigenvalue weighted by molar-refractivity contribution is 0.0940. The second-order valence-corrected chi connectivity index (χ2v) is 5.59. The molecule has 114 valence electrons. The Hall–Kier alpha value is -1.85. The first-order valence-electron chi connectivity index (χ1n) is 6.56. The van der Waals surface area contributed by atoms with E-state index in [1.807, 2.05) is 51.1 Å². The van der Waals surface area contributed by atoms with Crippen LogP contribution < -0.4 is 11.1 Å². The van der Waals surface area contributed by atoms with E-state index in [9.17, 15) is 4.79 Å². The van der Waals surface area contributed by atoms with E-state index in [1.54, 1.807) is 10.7 Å². The highest BCUT2D eigenvalue weighted by Crippen LogP contribution is 2.11. The summed E-state index contributed by atoms with van der Waals surface area (Å²) in [4.78, 5) is 12.0. The lowest BCUT2D eigenvalue weighted by Crippen LogP contribution is -2.45. The van der Waals surface area contributed by atoms with E-state index in [0.717, 1.165) is 11.4 Å². The summed E-state index contributed by atoms with van der Waals surface area (Å²) in [6.07, 6.45) is 0. The van der Waals surface area contributed by atoms with E-state index in [1.165, 1.54) is 0 Å². The first-order chi connectivity index (χ1) is 9.37. The first-order valence-corrected chi connectivity index (χ1v) is 6.56. The number of nitrogens with two attached hydrogens (primary N) is 1. The van der Waals surface area contributed by atoms with E-state index in [4.69, 9.17) is 5.73 Å². The Balaban J connectivity index is 0.00000220. The fraction of sp³-hybridized carbons (Fsp3) is 0.333. The maximum atomic E-state index is 12.0. The normalized spacial score (nSPS) is 10.9. The minimum absolute atomic E-state index is 0. The molecule has 21 heavy (non-hydrogen) atoms. The van der Waals surface area contributed by atoms with Crippen molar-refractivity contribution in [2.24, 2.45) is 5.73 Å². The van der Waals surface area contributed by atoms with Crippen molar-refractivity contribution >= 4 is 18.3 Å². The standard InChI is InChI=1S/C15H20N4O.ClH/c1-11-9-13(14(20)17-10-15(2,3)16)18-19(11)12-7-5-4-6-8-12;/h4-9H,10,16H2,1-3H3,(H,17,20);1H. The number of hydrogen-bond donors (Lipinski definition) is 2. The van der Waals surface area contributed by atoms with Crippen molar-refractivity contribution < 1.29 is 4.79 Å². The molecule has 0 spiro atoms. The van der Waals surface area contributed by atoms with Gasteiger partial charge in [0.25, 0.3) is 5.91 Å². The molecule has 1 amide bonds. The van der Waals surface area contributed by atoms with Crippen molar-refractivity contribution in [3.05, 3.63) is 47.8 Å². The van der Waals surface area contributed by atoms with Gasteiger partial charge in [-0.25, -0.2) is 4.68 Å². The Kier molecular flexibility index (Phi) is 5.52. The van der Waals surface area contributed by atoms with Crippen LogP contribution in [0.4, 0.5) is 0 Å². The van der Waals surface area contributed by atoms with Gasteiger partial charge in [0.05, 0.1) is 5.69 Å². The van der Waals surface area contributed by atoms with Crippen molar-refractivity contribution in [1.29, 1.82) is 0 Å². The predicted molar refractivity (Wildman–Crippen MR) is 86.1 cm³/mol. The Morgan fingerprint density at radius 1 is 1.33 bits per heavy atom. The average Bonchev–Trinajstić information content (AvgIpc) is 2.78. The molecule has 0 radical (unpaired) electrons. The number of nitrogens with zero attached hydrogens (tertiary/aromatic N) is 2. The second-order valence-electron chi connectivity index (χ2n) is 5.59. The molecule has 2 aromatic rings. The Morgan fingerprint density at radius 2 is 1.95 bits per heavy atom. The van der Waals surface area contributed by atoms with Crippen LogP contribution in [0, 0.1) is 6.92 Å². The van der Waals surface area contributed by atoms with E-state index in [0.29, 0.717) is 12.2 Å². The molecular weight excluding hydrogens is 288 g/mol. The maximum Gasteiger partial charge on any atom is 0.271 e. The van der Waals surface area contributed by atoms with Gasteiger partial charge in [-0.2, -0.15) is 5.10 Å². The van der Waals surface area contributed by atoms with Crippen LogP contribution in [0.15, 0.2) is 36.4 Å². The van der Waals surface area contributed by atoms with Gasteiger partial charge in [-0.1, -0.05) is 18.2 Å². The number of carbonyl (C=O) groups excluding carboxylic acids is 1. The number of amides is 1. The molecule has 0 saturated carbocycles. The van der Waals surface area contributed by atoms with E-state index >= 15 is 0 Å². The quantitative estimate of drug-likeness (QED) is 0.908. The minimum Gasteiger partial charge on any atom is -0.349 e. The van der Waals surface area contributed by atoms with Gasteiger partial charge in [-0.15, -0.1) is 12.4 Å². The maximum absolute atomic E-state index is 12.0. The number of halogens is 1. The van der Waals surface area contributed by atoms with Crippen LogP contribution in [-0.2, 0) is 0 Å².